The van der Waals surface area contributed by atoms with Crippen molar-refractivity contribution in [2.45, 2.75) is 76.9 Å². The van der Waals surface area contributed by atoms with Crippen molar-refractivity contribution >= 4 is 5.91 Å². The number of aryl methyl sites for hydroxylation is 1. The van der Waals surface area contributed by atoms with Gasteiger partial charge >= 0.3 is 0 Å². The third kappa shape index (κ3) is 3.46. The summed E-state index contributed by atoms with van der Waals surface area (Å²) >= 11 is 0. The molecular weight excluding hydrogens is 318 g/mol. The second-order valence-electron chi connectivity index (χ2n) is 8.29. The summed E-state index contributed by atoms with van der Waals surface area (Å²) in [4.78, 5) is 19.2. The van der Waals surface area contributed by atoms with Crippen LogP contribution in [-0.2, 0) is 9.53 Å². The molecule has 1 aromatic rings. The van der Waals surface area contributed by atoms with E-state index < -0.39 is 0 Å². The van der Waals surface area contributed by atoms with Gasteiger partial charge in [0.2, 0.25) is 5.91 Å². The summed E-state index contributed by atoms with van der Waals surface area (Å²) in [5.74, 6) is 2.67. The van der Waals surface area contributed by atoms with Gasteiger partial charge < -0.3 is 14.2 Å². The van der Waals surface area contributed by atoms with Crippen molar-refractivity contribution in [3.05, 3.63) is 11.7 Å². The molecule has 2 aliphatic heterocycles. The van der Waals surface area contributed by atoms with Crippen LogP contribution in [-0.4, -0.2) is 39.6 Å². The molecule has 25 heavy (non-hydrogen) atoms. The van der Waals surface area contributed by atoms with Crippen LogP contribution in [0.2, 0.25) is 0 Å². The maximum atomic E-state index is 12.8. The van der Waals surface area contributed by atoms with E-state index in [2.05, 4.69) is 22.0 Å². The molecule has 1 atom stereocenters. The van der Waals surface area contributed by atoms with Crippen molar-refractivity contribution in [3.8, 4) is 0 Å². The Hall–Kier alpha value is -1.43. The largest absolute Gasteiger partial charge is 0.362 e. The molecule has 3 heterocycles. The van der Waals surface area contributed by atoms with Crippen LogP contribution in [0.5, 0.6) is 0 Å². The maximum absolute atomic E-state index is 12.8. The second kappa shape index (κ2) is 6.71. The average Bonchev–Trinajstić information content (AvgIpc) is 3.23. The molecule has 0 radical (unpaired) electrons. The van der Waals surface area contributed by atoms with E-state index in [4.69, 9.17) is 9.26 Å². The van der Waals surface area contributed by atoms with Crippen LogP contribution in [0.3, 0.4) is 0 Å². The molecule has 1 aromatic heterocycles. The highest BCUT2D eigenvalue weighted by Crippen LogP contribution is 2.45. The molecule has 2 saturated heterocycles. The number of amides is 1. The van der Waals surface area contributed by atoms with Gasteiger partial charge in [-0.25, -0.2) is 0 Å². The smallest absolute Gasteiger partial charge is 0.255 e. The van der Waals surface area contributed by atoms with E-state index in [-0.39, 0.29) is 17.6 Å². The first-order valence-corrected chi connectivity index (χ1v) is 9.81. The number of likely N-dealkylation sites (tertiary alicyclic amines) is 1. The first-order valence-electron chi connectivity index (χ1n) is 9.81. The van der Waals surface area contributed by atoms with Crippen molar-refractivity contribution < 1.29 is 14.1 Å². The first-order chi connectivity index (χ1) is 12.0. The monoisotopic (exact) mass is 347 g/mol. The van der Waals surface area contributed by atoms with Gasteiger partial charge in [0, 0.05) is 19.0 Å². The minimum absolute atomic E-state index is 0.0803. The molecule has 6 heteroatoms. The zero-order chi connectivity index (χ0) is 17.4. The molecule has 0 bridgehead atoms. The zero-order valence-corrected chi connectivity index (χ0v) is 15.4. The molecule has 1 spiro atoms. The van der Waals surface area contributed by atoms with Crippen molar-refractivity contribution in [1.29, 1.82) is 0 Å². The average molecular weight is 347 g/mol. The Labute approximate surface area is 149 Å². The van der Waals surface area contributed by atoms with Crippen LogP contribution in [0.25, 0.3) is 0 Å². The van der Waals surface area contributed by atoms with Crippen molar-refractivity contribution in [2.24, 2.45) is 11.8 Å². The fourth-order valence-electron chi connectivity index (χ4n) is 4.70. The lowest BCUT2D eigenvalue weighted by Gasteiger charge is -2.40. The van der Waals surface area contributed by atoms with Crippen molar-refractivity contribution in [1.82, 2.24) is 15.0 Å². The van der Waals surface area contributed by atoms with Crippen LogP contribution in [0, 0.1) is 18.8 Å². The highest BCUT2D eigenvalue weighted by atomic mass is 16.5. The number of carbonyl (C=O) groups is 1. The van der Waals surface area contributed by atoms with Crippen LogP contribution < -0.4 is 0 Å². The van der Waals surface area contributed by atoms with Gasteiger partial charge in [0.1, 0.15) is 6.10 Å². The molecule has 1 saturated carbocycles. The minimum Gasteiger partial charge on any atom is -0.362 e. The minimum atomic E-state index is -0.106. The summed E-state index contributed by atoms with van der Waals surface area (Å²) in [5.41, 5.74) is -0.106. The third-order valence-corrected chi connectivity index (χ3v) is 6.42. The molecule has 0 N–H and O–H groups in total. The van der Waals surface area contributed by atoms with E-state index in [1.54, 1.807) is 0 Å². The van der Waals surface area contributed by atoms with Gasteiger partial charge in [-0.1, -0.05) is 12.1 Å². The van der Waals surface area contributed by atoms with Crippen molar-refractivity contribution in [2.75, 3.05) is 13.1 Å². The molecule has 138 valence electrons. The van der Waals surface area contributed by atoms with Crippen LogP contribution >= 0.6 is 0 Å². The van der Waals surface area contributed by atoms with Gasteiger partial charge in [-0.15, -0.1) is 0 Å². The van der Waals surface area contributed by atoms with E-state index in [9.17, 15) is 4.79 Å². The van der Waals surface area contributed by atoms with E-state index in [0.717, 1.165) is 57.5 Å². The summed E-state index contributed by atoms with van der Waals surface area (Å²) < 4.78 is 11.6. The van der Waals surface area contributed by atoms with Crippen molar-refractivity contribution in [3.63, 3.8) is 0 Å². The Balaban J connectivity index is 1.32. The number of carbonyl (C=O) groups excluding carboxylic acids is 1. The van der Waals surface area contributed by atoms with Crippen LogP contribution in [0.1, 0.15) is 76.1 Å². The van der Waals surface area contributed by atoms with Gasteiger partial charge in [-0.2, -0.15) is 4.98 Å². The van der Waals surface area contributed by atoms with Gasteiger partial charge in [0.05, 0.1) is 5.60 Å². The number of ether oxygens (including phenoxy) is 1. The SMILES string of the molecule is Cc1noc(C2CCC3(CCN(C(=O)C4CCC(C)CC4)CC3)O2)n1. The fourth-order valence-corrected chi connectivity index (χ4v) is 4.70. The Bertz CT molecular complexity index is 613. The Kier molecular flexibility index (Phi) is 4.56. The van der Waals surface area contributed by atoms with E-state index in [1.807, 2.05) is 6.92 Å². The number of rotatable bonds is 2. The van der Waals surface area contributed by atoms with Crippen LogP contribution in [0.15, 0.2) is 4.52 Å². The molecule has 1 unspecified atom stereocenters. The summed E-state index contributed by atoms with van der Waals surface area (Å²) in [6.45, 7) is 5.76. The molecule has 3 aliphatic rings. The molecule has 4 rings (SSSR count). The van der Waals surface area contributed by atoms with Gasteiger partial charge in [0.15, 0.2) is 5.82 Å². The number of hydrogen-bond donors (Lipinski definition) is 0. The summed E-state index contributed by atoms with van der Waals surface area (Å²) in [6.07, 6.45) is 8.23. The quantitative estimate of drug-likeness (QED) is 0.820. The predicted molar refractivity (Wildman–Crippen MR) is 91.8 cm³/mol. The number of nitrogens with zero attached hydrogens (tertiary/aromatic N) is 3. The number of aromatic nitrogens is 2. The Morgan fingerprint density at radius 3 is 2.48 bits per heavy atom. The zero-order valence-electron chi connectivity index (χ0n) is 15.4. The summed E-state index contributed by atoms with van der Waals surface area (Å²) in [5, 5.41) is 3.87. The summed E-state index contributed by atoms with van der Waals surface area (Å²) in [6, 6.07) is 0. The Morgan fingerprint density at radius 2 is 1.84 bits per heavy atom. The molecule has 3 fully saturated rings. The molecule has 1 aliphatic carbocycles. The third-order valence-electron chi connectivity index (χ3n) is 6.42. The lowest BCUT2D eigenvalue weighted by molar-refractivity contribution is -0.143. The normalized spacial score (nSPS) is 32.2. The van der Waals surface area contributed by atoms with Gasteiger partial charge in [-0.3, -0.25) is 4.79 Å². The predicted octanol–water partition coefficient (Wildman–Crippen LogP) is 3.42. The lowest BCUT2D eigenvalue weighted by atomic mass is 9.81. The standard InChI is InChI=1S/C19H29N3O3/c1-13-3-5-15(6-4-13)18(23)22-11-9-19(10-12-22)8-7-16(24-19)17-20-14(2)21-25-17/h13,15-16H,3-12H2,1-2H3. The maximum Gasteiger partial charge on any atom is 0.255 e. The topological polar surface area (TPSA) is 68.5 Å². The van der Waals surface area contributed by atoms with E-state index >= 15 is 0 Å². The molecular formula is C19H29N3O3. The highest BCUT2D eigenvalue weighted by Gasteiger charge is 2.45. The van der Waals surface area contributed by atoms with E-state index in [0.29, 0.717) is 17.6 Å². The lowest BCUT2D eigenvalue weighted by Crippen LogP contribution is -2.48. The van der Waals surface area contributed by atoms with Gasteiger partial charge in [-0.05, 0) is 64.2 Å². The Morgan fingerprint density at radius 1 is 1.12 bits per heavy atom. The number of piperidine rings is 1. The highest BCUT2D eigenvalue weighted by molar-refractivity contribution is 5.79. The molecule has 6 nitrogen and oxygen atoms in total. The van der Waals surface area contributed by atoms with Gasteiger partial charge in [0.25, 0.3) is 5.89 Å². The second-order valence-corrected chi connectivity index (χ2v) is 8.29. The van der Waals surface area contributed by atoms with E-state index in [1.165, 1.54) is 12.8 Å². The van der Waals surface area contributed by atoms with Crippen LogP contribution in [0.4, 0.5) is 0 Å². The molecule has 0 aromatic carbocycles. The number of hydrogen-bond acceptors (Lipinski definition) is 5. The first kappa shape index (κ1) is 17.0. The fraction of sp³-hybridized carbons (Fsp3) is 0.842. The summed E-state index contributed by atoms with van der Waals surface area (Å²) in [7, 11) is 0. The molecule has 1 amide bonds.